The number of hydrogen-bond acceptors (Lipinski definition) is 4. The number of esters is 1. The average Bonchev–Trinajstić information content (AvgIpc) is 2.42. The van der Waals surface area contributed by atoms with Crippen molar-refractivity contribution in [2.24, 2.45) is 22.5 Å². The van der Waals surface area contributed by atoms with Crippen molar-refractivity contribution < 1.29 is 19.4 Å². The molecule has 2 unspecified atom stereocenters. The van der Waals surface area contributed by atoms with Crippen molar-refractivity contribution in [2.45, 2.75) is 64.8 Å². The number of para-hydroxylation sites is 1. The molecule has 0 radical (unpaired) electrons. The van der Waals surface area contributed by atoms with E-state index in [1.54, 1.807) is 12.1 Å². The zero-order chi connectivity index (χ0) is 19.2. The highest BCUT2D eigenvalue weighted by molar-refractivity contribution is 5.91. The van der Waals surface area contributed by atoms with Crippen LogP contribution in [0.25, 0.3) is 0 Å². The Morgan fingerprint density at radius 1 is 1.08 bits per heavy atom. The van der Waals surface area contributed by atoms with Gasteiger partial charge in [-0.05, 0) is 67.4 Å². The smallest absolute Gasteiger partial charge is 0.339 e. The molecule has 26 heavy (non-hydrogen) atoms. The topological polar surface area (TPSA) is 89.6 Å². The molecule has 5 heteroatoms. The highest BCUT2D eigenvalue weighted by Crippen LogP contribution is 2.65. The molecule has 3 N–H and O–H groups in total. The van der Waals surface area contributed by atoms with Crippen LogP contribution in [-0.4, -0.2) is 22.6 Å². The summed E-state index contributed by atoms with van der Waals surface area (Å²) < 4.78 is 4.69. The third-order valence-corrected chi connectivity index (χ3v) is 6.04. The van der Waals surface area contributed by atoms with Crippen LogP contribution >= 0.6 is 0 Å². The quantitative estimate of drug-likeness (QED) is 0.615. The van der Waals surface area contributed by atoms with Crippen molar-refractivity contribution in [3.8, 4) is 5.75 Å². The first kappa shape index (κ1) is 18.9. The average molecular weight is 359 g/mol. The van der Waals surface area contributed by atoms with Crippen LogP contribution in [0.3, 0.4) is 0 Å². The Kier molecular flexibility index (Phi) is 4.63. The van der Waals surface area contributed by atoms with E-state index in [1.807, 2.05) is 0 Å². The number of ether oxygens (including phenoxy) is 1. The van der Waals surface area contributed by atoms with Crippen LogP contribution in [0.5, 0.6) is 5.75 Å². The predicted octanol–water partition coefficient (Wildman–Crippen LogP) is 4.00. The van der Waals surface area contributed by atoms with Gasteiger partial charge in [0, 0.05) is 12.5 Å². The molecule has 5 nitrogen and oxygen atoms in total. The molecule has 4 fully saturated rings. The van der Waals surface area contributed by atoms with Gasteiger partial charge < -0.3 is 15.6 Å². The fourth-order valence-electron chi connectivity index (χ4n) is 6.42. The molecular weight excluding hydrogens is 330 g/mol. The number of hydrogen-bond donors (Lipinski definition) is 2. The molecule has 5 rings (SSSR count). The molecule has 142 valence electrons. The lowest BCUT2D eigenvalue weighted by atomic mass is 9.43. The van der Waals surface area contributed by atoms with E-state index in [0.29, 0.717) is 10.8 Å². The number of rotatable bonds is 2. The van der Waals surface area contributed by atoms with Crippen LogP contribution in [-0.2, 0) is 4.79 Å². The van der Waals surface area contributed by atoms with Gasteiger partial charge >= 0.3 is 11.9 Å². The van der Waals surface area contributed by atoms with Crippen LogP contribution in [0.1, 0.15) is 69.7 Å². The van der Waals surface area contributed by atoms with Crippen molar-refractivity contribution in [3.63, 3.8) is 0 Å². The Bertz CT molecular complexity index is 678. The Balaban J connectivity index is 0.000000151. The van der Waals surface area contributed by atoms with E-state index < -0.39 is 11.9 Å². The number of nitrogens with two attached hydrogens (primary N) is 1. The van der Waals surface area contributed by atoms with Crippen molar-refractivity contribution in [2.75, 3.05) is 0 Å². The Morgan fingerprint density at radius 2 is 1.65 bits per heavy atom. The summed E-state index contributed by atoms with van der Waals surface area (Å²) in [6.45, 7) is 6.16. The minimum Gasteiger partial charge on any atom is -0.478 e. The summed E-state index contributed by atoms with van der Waals surface area (Å²) in [6.07, 6.45) is 8.27. The van der Waals surface area contributed by atoms with E-state index in [9.17, 15) is 9.59 Å². The van der Waals surface area contributed by atoms with Crippen LogP contribution in [0.4, 0.5) is 0 Å². The van der Waals surface area contributed by atoms with Crippen molar-refractivity contribution in [3.05, 3.63) is 29.8 Å². The molecule has 4 aliphatic carbocycles. The van der Waals surface area contributed by atoms with Crippen molar-refractivity contribution >= 4 is 11.9 Å². The van der Waals surface area contributed by atoms with E-state index in [2.05, 4.69) is 18.6 Å². The maximum absolute atomic E-state index is 10.6. The lowest BCUT2D eigenvalue weighted by molar-refractivity contribution is -0.131. The zero-order valence-electron chi connectivity index (χ0n) is 15.9. The van der Waals surface area contributed by atoms with E-state index in [1.165, 1.54) is 57.6 Å². The lowest BCUT2D eigenvalue weighted by Crippen LogP contribution is -2.62. The Labute approximate surface area is 154 Å². The van der Waals surface area contributed by atoms with Gasteiger partial charge in [-0.25, -0.2) is 4.79 Å². The molecule has 0 aliphatic heterocycles. The van der Waals surface area contributed by atoms with E-state index in [4.69, 9.17) is 10.8 Å². The van der Waals surface area contributed by atoms with Gasteiger partial charge in [0.25, 0.3) is 0 Å². The van der Waals surface area contributed by atoms with Crippen LogP contribution in [0.2, 0.25) is 0 Å². The second kappa shape index (κ2) is 6.38. The minimum atomic E-state index is -1.11. The van der Waals surface area contributed by atoms with Crippen LogP contribution in [0.15, 0.2) is 24.3 Å². The van der Waals surface area contributed by atoms with Gasteiger partial charge in [-0.3, -0.25) is 4.79 Å². The normalized spacial score (nSPS) is 36.8. The molecule has 4 aliphatic rings. The molecule has 0 saturated heterocycles. The standard InChI is InChI=1S/C12H21N.C9H8O4/c1-10-3-9-4-11(2,6-10)8-12(13,5-9)7-10;1-6(10)13-8-5-3-2-4-7(8)9(11)12/h9H,3-8,13H2,1-2H3;2-5H,1H3,(H,11,12). The molecule has 1 aromatic carbocycles. The third kappa shape index (κ3) is 3.93. The van der Waals surface area contributed by atoms with Gasteiger partial charge in [0.1, 0.15) is 11.3 Å². The number of carbonyl (C=O) groups is 2. The highest BCUT2D eigenvalue weighted by Gasteiger charge is 2.58. The molecule has 0 amide bonds. The lowest BCUT2D eigenvalue weighted by Gasteiger charge is -2.64. The van der Waals surface area contributed by atoms with Gasteiger partial charge in [-0.1, -0.05) is 26.0 Å². The van der Waals surface area contributed by atoms with Gasteiger partial charge in [0.2, 0.25) is 0 Å². The molecule has 4 bridgehead atoms. The monoisotopic (exact) mass is 359 g/mol. The zero-order valence-corrected chi connectivity index (χ0v) is 15.9. The summed E-state index contributed by atoms with van der Waals surface area (Å²) in [6, 6.07) is 5.98. The van der Waals surface area contributed by atoms with Crippen LogP contribution < -0.4 is 10.5 Å². The molecule has 0 aromatic heterocycles. The molecule has 1 aromatic rings. The van der Waals surface area contributed by atoms with Crippen LogP contribution in [0, 0.1) is 16.7 Å². The van der Waals surface area contributed by atoms with Gasteiger partial charge in [0.15, 0.2) is 0 Å². The number of benzene rings is 1. The molecule has 2 atom stereocenters. The summed E-state index contributed by atoms with van der Waals surface area (Å²) in [5, 5.41) is 8.69. The third-order valence-electron chi connectivity index (χ3n) is 6.04. The largest absolute Gasteiger partial charge is 0.478 e. The molecule has 4 saturated carbocycles. The fourth-order valence-corrected chi connectivity index (χ4v) is 6.42. The second-order valence-corrected chi connectivity index (χ2v) is 9.39. The summed E-state index contributed by atoms with van der Waals surface area (Å²) in [5.74, 6) is -0.621. The maximum atomic E-state index is 10.6. The second-order valence-electron chi connectivity index (χ2n) is 9.39. The highest BCUT2D eigenvalue weighted by atomic mass is 16.5. The molecule has 0 heterocycles. The Hall–Kier alpha value is -1.88. The molecular formula is C21H29NO4. The molecule has 0 spiro atoms. The number of carboxylic acids is 1. The van der Waals surface area contributed by atoms with Crippen molar-refractivity contribution in [1.82, 2.24) is 0 Å². The van der Waals surface area contributed by atoms with E-state index in [0.717, 1.165) is 5.92 Å². The first-order valence-electron chi connectivity index (χ1n) is 9.31. The fraction of sp³-hybridized carbons (Fsp3) is 0.619. The van der Waals surface area contributed by atoms with Gasteiger partial charge in [0.05, 0.1) is 0 Å². The summed E-state index contributed by atoms with van der Waals surface area (Å²) >= 11 is 0. The minimum absolute atomic E-state index is 0.0160. The number of aromatic carboxylic acids is 1. The van der Waals surface area contributed by atoms with Crippen molar-refractivity contribution in [1.29, 1.82) is 0 Å². The first-order chi connectivity index (χ1) is 12.0. The number of carbonyl (C=O) groups excluding carboxylic acids is 1. The summed E-state index contributed by atoms with van der Waals surface area (Å²) in [4.78, 5) is 21.2. The number of carboxylic acid groups (broad SMARTS) is 1. The summed E-state index contributed by atoms with van der Waals surface area (Å²) in [5.41, 5.74) is 7.90. The predicted molar refractivity (Wildman–Crippen MR) is 99.0 cm³/mol. The Morgan fingerprint density at radius 3 is 2.12 bits per heavy atom. The summed E-state index contributed by atoms with van der Waals surface area (Å²) in [7, 11) is 0. The first-order valence-corrected chi connectivity index (χ1v) is 9.31. The van der Waals surface area contributed by atoms with E-state index >= 15 is 0 Å². The SMILES string of the molecule is CC(=O)Oc1ccccc1C(=O)O.CC12CC3CC(C)(C1)CC(N)(C3)C2. The van der Waals surface area contributed by atoms with Gasteiger partial charge in [-0.2, -0.15) is 0 Å². The van der Waals surface area contributed by atoms with E-state index in [-0.39, 0.29) is 16.9 Å². The maximum Gasteiger partial charge on any atom is 0.339 e. The van der Waals surface area contributed by atoms with Gasteiger partial charge in [-0.15, -0.1) is 0 Å².